The quantitative estimate of drug-likeness (QED) is 0.623. The van der Waals surface area contributed by atoms with Gasteiger partial charge in [-0.3, -0.25) is 0 Å². The second-order valence-corrected chi connectivity index (χ2v) is 8.99. The molecule has 3 rings (SSSR count). The molecule has 3 amide bonds. The van der Waals surface area contributed by atoms with Gasteiger partial charge in [-0.2, -0.15) is 13.2 Å². The highest BCUT2D eigenvalue weighted by atomic mass is 32.1. The van der Waals surface area contributed by atoms with E-state index in [2.05, 4.69) is 28.1 Å². The fraction of sp³-hybridized carbons (Fsp3) is 0.429. The van der Waals surface area contributed by atoms with Gasteiger partial charge in [0.25, 0.3) is 0 Å². The molecular formula is C21H25F3N6O3S. The van der Waals surface area contributed by atoms with Crippen LogP contribution < -0.4 is 19.3 Å². The standard InChI is InChI=1S/C21H25F3N6O3S/c1-20(2,3)27-18(31)30(34)15-5-7-17(26-13-15)33-19(32)29-10-8-28(9-11-29)16-6-4-14(12-25-16)21(22,23)24/h4-7,12-13,34H,8-11H2,1-3H3,(H,27,31). The van der Waals surface area contributed by atoms with Gasteiger partial charge < -0.3 is 19.9 Å². The van der Waals surface area contributed by atoms with Crippen LogP contribution in [0.15, 0.2) is 36.7 Å². The molecule has 1 saturated heterocycles. The summed E-state index contributed by atoms with van der Waals surface area (Å²) >= 11 is 4.17. The van der Waals surface area contributed by atoms with Gasteiger partial charge in [0.15, 0.2) is 0 Å². The number of pyridine rings is 2. The molecule has 0 spiro atoms. The van der Waals surface area contributed by atoms with E-state index in [1.807, 2.05) is 20.8 Å². The highest BCUT2D eigenvalue weighted by Crippen LogP contribution is 2.29. The van der Waals surface area contributed by atoms with Crippen LogP contribution in [0.25, 0.3) is 0 Å². The number of hydrogen-bond acceptors (Lipinski definition) is 7. The molecule has 2 aromatic rings. The zero-order valence-electron chi connectivity index (χ0n) is 18.8. The van der Waals surface area contributed by atoms with Crippen LogP contribution in [0.1, 0.15) is 26.3 Å². The Morgan fingerprint density at radius 3 is 2.21 bits per heavy atom. The average Bonchev–Trinajstić information content (AvgIpc) is 2.77. The summed E-state index contributed by atoms with van der Waals surface area (Å²) in [6.07, 6.45) is -2.89. The SMILES string of the molecule is CC(C)(C)NC(=O)N(S)c1ccc(OC(=O)N2CCN(c3ccc(C(F)(F)F)cn3)CC2)nc1. The Hall–Kier alpha value is -3.22. The number of amides is 3. The fourth-order valence-electron chi connectivity index (χ4n) is 3.06. The van der Waals surface area contributed by atoms with Crippen molar-refractivity contribution >= 4 is 36.4 Å². The molecule has 34 heavy (non-hydrogen) atoms. The Kier molecular flexibility index (Phi) is 7.44. The first-order valence-corrected chi connectivity index (χ1v) is 10.8. The maximum absolute atomic E-state index is 12.7. The third kappa shape index (κ3) is 6.65. The summed E-state index contributed by atoms with van der Waals surface area (Å²) in [5, 5.41) is 2.76. The molecule has 9 nitrogen and oxygen atoms in total. The van der Waals surface area contributed by atoms with E-state index in [-0.39, 0.29) is 5.88 Å². The Labute approximate surface area is 200 Å². The summed E-state index contributed by atoms with van der Waals surface area (Å²) in [6.45, 7) is 6.90. The first-order chi connectivity index (χ1) is 15.8. The minimum absolute atomic E-state index is 0.0542. The second kappa shape index (κ2) is 9.95. The van der Waals surface area contributed by atoms with Crippen molar-refractivity contribution in [2.24, 2.45) is 0 Å². The third-order valence-corrected chi connectivity index (χ3v) is 5.18. The number of nitrogens with one attached hydrogen (secondary N) is 1. The van der Waals surface area contributed by atoms with Gasteiger partial charge in [-0.15, -0.1) is 0 Å². The number of urea groups is 1. The van der Waals surface area contributed by atoms with Gasteiger partial charge in [0.1, 0.15) is 5.82 Å². The number of hydrogen-bond donors (Lipinski definition) is 2. The molecule has 0 aromatic carbocycles. The molecule has 0 aliphatic carbocycles. The summed E-state index contributed by atoms with van der Waals surface area (Å²) in [7, 11) is 0. The van der Waals surface area contributed by atoms with Gasteiger partial charge in [0, 0.05) is 44.0 Å². The van der Waals surface area contributed by atoms with E-state index >= 15 is 0 Å². The van der Waals surface area contributed by atoms with Crippen LogP contribution in [0.4, 0.5) is 34.3 Å². The predicted molar refractivity (Wildman–Crippen MR) is 123 cm³/mol. The van der Waals surface area contributed by atoms with E-state index in [1.54, 1.807) is 11.0 Å². The lowest BCUT2D eigenvalue weighted by Gasteiger charge is -2.34. The lowest BCUT2D eigenvalue weighted by Crippen LogP contribution is -2.50. The summed E-state index contributed by atoms with van der Waals surface area (Å²) < 4.78 is 44.5. The summed E-state index contributed by atoms with van der Waals surface area (Å²) in [4.78, 5) is 35.8. The lowest BCUT2D eigenvalue weighted by atomic mass is 10.1. The van der Waals surface area contributed by atoms with Gasteiger partial charge in [0.05, 0.1) is 17.4 Å². The Morgan fingerprint density at radius 2 is 1.71 bits per heavy atom. The number of carbonyl (C=O) groups excluding carboxylic acids is 2. The van der Waals surface area contributed by atoms with Crippen LogP contribution in [0.5, 0.6) is 5.88 Å². The topological polar surface area (TPSA) is 90.9 Å². The normalized spacial score (nSPS) is 14.6. The zero-order valence-corrected chi connectivity index (χ0v) is 19.7. The fourth-order valence-corrected chi connectivity index (χ4v) is 3.23. The molecule has 2 aromatic heterocycles. The van der Waals surface area contributed by atoms with Crippen molar-refractivity contribution in [1.82, 2.24) is 20.2 Å². The number of nitrogens with zero attached hydrogens (tertiary/aromatic N) is 5. The van der Waals surface area contributed by atoms with Crippen LogP contribution in [-0.2, 0) is 6.18 Å². The van der Waals surface area contributed by atoms with Gasteiger partial charge in [-0.25, -0.2) is 23.9 Å². The monoisotopic (exact) mass is 498 g/mol. The van der Waals surface area contributed by atoms with Crippen LogP contribution in [-0.4, -0.2) is 58.7 Å². The van der Waals surface area contributed by atoms with Gasteiger partial charge >= 0.3 is 18.3 Å². The van der Waals surface area contributed by atoms with Crippen LogP contribution in [0, 0.1) is 0 Å². The molecular weight excluding hydrogens is 473 g/mol. The van der Waals surface area contributed by atoms with E-state index in [0.29, 0.717) is 37.7 Å². The highest BCUT2D eigenvalue weighted by Gasteiger charge is 2.31. The molecule has 0 saturated carbocycles. The van der Waals surface area contributed by atoms with E-state index in [9.17, 15) is 22.8 Å². The van der Waals surface area contributed by atoms with Gasteiger partial charge in [0.2, 0.25) is 5.88 Å². The third-order valence-electron chi connectivity index (χ3n) is 4.77. The zero-order chi connectivity index (χ0) is 25.1. The molecule has 184 valence electrons. The van der Waals surface area contributed by atoms with Crippen LogP contribution >= 0.6 is 12.8 Å². The number of aromatic nitrogens is 2. The first-order valence-electron chi connectivity index (χ1n) is 10.4. The Bertz CT molecular complexity index is 1000. The van der Waals surface area contributed by atoms with Gasteiger partial charge in [-0.05, 0) is 39.0 Å². The number of anilines is 2. The van der Waals surface area contributed by atoms with E-state index < -0.39 is 29.4 Å². The molecule has 1 fully saturated rings. The van der Waals surface area contributed by atoms with E-state index in [0.717, 1.165) is 16.6 Å². The molecule has 0 radical (unpaired) electrons. The predicted octanol–water partition coefficient (Wildman–Crippen LogP) is 3.98. The number of piperazine rings is 1. The lowest BCUT2D eigenvalue weighted by molar-refractivity contribution is -0.137. The number of rotatable bonds is 3. The Balaban J connectivity index is 1.51. The molecule has 0 bridgehead atoms. The summed E-state index contributed by atoms with van der Waals surface area (Å²) in [5.74, 6) is 0.462. The molecule has 1 aliphatic rings. The van der Waals surface area contributed by atoms with Crippen molar-refractivity contribution in [2.75, 3.05) is 35.4 Å². The van der Waals surface area contributed by atoms with Crippen molar-refractivity contribution in [1.29, 1.82) is 0 Å². The van der Waals surface area contributed by atoms with Crippen molar-refractivity contribution < 1.29 is 27.5 Å². The van der Waals surface area contributed by atoms with Crippen LogP contribution in [0.2, 0.25) is 0 Å². The maximum atomic E-state index is 12.7. The van der Waals surface area contributed by atoms with Crippen molar-refractivity contribution in [3.63, 3.8) is 0 Å². The number of carbonyl (C=O) groups is 2. The maximum Gasteiger partial charge on any atom is 0.417 e. The van der Waals surface area contributed by atoms with E-state index in [4.69, 9.17) is 4.74 Å². The van der Waals surface area contributed by atoms with Crippen molar-refractivity contribution in [3.8, 4) is 5.88 Å². The largest absolute Gasteiger partial charge is 0.417 e. The van der Waals surface area contributed by atoms with Crippen molar-refractivity contribution in [2.45, 2.75) is 32.5 Å². The molecule has 13 heteroatoms. The molecule has 1 N–H and O–H groups in total. The summed E-state index contributed by atoms with van der Waals surface area (Å²) in [6, 6.07) is 4.86. The highest BCUT2D eigenvalue weighted by molar-refractivity contribution is 7.82. The molecule has 1 aliphatic heterocycles. The minimum atomic E-state index is -4.44. The van der Waals surface area contributed by atoms with Crippen LogP contribution in [0.3, 0.4) is 0 Å². The minimum Gasteiger partial charge on any atom is -0.391 e. The smallest absolute Gasteiger partial charge is 0.391 e. The first kappa shape index (κ1) is 25.4. The van der Waals surface area contributed by atoms with Crippen molar-refractivity contribution in [3.05, 3.63) is 42.2 Å². The van der Waals surface area contributed by atoms with Gasteiger partial charge in [-0.1, -0.05) is 12.8 Å². The molecule has 0 unspecified atom stereocenters. The Morgan fingerprint density at radius 1 is 1.03 bits per heavy atom. The number of halogens is 3. The van der Waals surface area contributed by atoms with E-state index in [1.165, 1.54) is 23.2 Å². The number of ether oxygens (including phenoxy) is 1. The number of thiol groups is 1. The second-order valence-electron chi connectivity index (χ2n) is 8.59. The average molecular weight is 499 g/mol. The molecule has 0 atom stereocenters. The number of alkyl halides is 3. The molecule has 3 heterocycles. The summed E-state index contributed by atoms with van der Waals surface area (Å²) in [5.41, 5.74) is -0.858.